The first-order valence-electron chi connectivity index (χ1n) is 3.66. The molecule has 90 valence electrons. The smallest absolute Gasteiger partial charge is 0.346 e. The molecule has 0 aromatic rings. The monoisotopic (exact) mass is 242 g/mol. The molecule has 0 aromatic heterocycles. The van der Waals surface area contributed by atoms with Crippen molar-refractivity contribution in [2.24, 2.45) is 0 Å². The number of hydrogen-bond donors (Lipinski definition) is 0. The minimum atomic E-state index is -6.14. The molecule has 0 aliphatic carbocycles. The lowest BCUT2D eigenvalue weighted by molar-refractivity contribution is -0.388. The molecule has 0 radical (unpaired) electrons. The molecule has 1 saturated heterocycles. The minimum absolute atomic E-state index is 0.511. The molecule has 15 heavy (non-hydrogen) atoms. The van der Waals surface area contributed by atoms with Gasteiger partial charge in [0, 0.05) is 0 Å². The normalized spacial score (nSPS) is 21.0. The maximum atomic E-state index is 13.0. The predicted molar refractivity (Wildman–Crippen MR) is 31.6 cm³/mol. The van der Waals surface area contributed by atoms with Gasteiger partial charge in [-0.3, -0.25) is 0 Å². The van der Waals surface area contributed by atoms with E-state index >= 15 is 0 Å². The Morgan fingerprint density at radius 1 is 0.733 bits per heavy atom. The summed E-state index contributed by atoms with van der Waals surface area (Å²) in [5, 5.41) is 0. The van der Waals surface area contributed by atoms with E-state index in [2.05, 4.69) is 9.47 Å². The van der Waals surface area contributed by atoms with Crippen LogP contribution >= 0.6 is 0 Å². The Hall–Kier alpha value is -0.570. The van der Waals surface area contributed by atoms with Gasteiger partial charge >= 0.3 is 18.0 Å². The van der Waals surface area contributed by atoms with Gasteiger partial charge in [0.1, 0.15) is 0 Å². The minimum Gasteiger partial charge on any atom is -0.346 e. The molecule has 1 rings (SSSR count). The van der Waals surface area contributed by atoms with Crippen LogP contribution in [-0.4, -0.2) is 37.5 Å². The molecule has 0 N–H and O–H groups in total. The fourth-order valence-corrected chi connectivity index (χ4v) is 1.02. The third-order valence-corrected chi connectivity index (χ3v) is 1.77. The maximum absolute atomic E-state index is 13.0. The van der Waals surface area contributed by atoms with Gasteiger partial charge in [0.2, 0.25) is 6.29 Å². The van der Waals surface area contributed by atoms with Crippen LogP contribution in [0.15, 0.2) is 0 Å². The second-order valence-corrected chi connectivity index (χ2v) is 2.78. The topological polar surface area (TPSA) is 18.5 Å². The first-order valence-corrected chi connectivity index (χ1v) is 3.66. The van der Waals surface area contributed by atoms with Crippen LogP contribution in [0.3, 0.4) is 0 Å². The van der Waals surface area contributed by atoms with Crippen LogP contribution in [0.1, 0.15) is 0 Å². The van der Waals surface area contributed by atoms with Gasteiger partial charge in [0.05, 0.1) is 13.2 Å². The summed E-state index contributed by atoms with van der Waals surface area (Å²) in [6.07, 6.45) is -15.3. The van der Waals surface area contributed by atoms with Gasteiger partial charge in [-0.15, -0.1) is 0 Å². The predicted octanol–water partition coefficient (Wildman–Crippen LogP) is 2.19. The van der Waals surface area contributed by atoms with Crippen LogP contribution in [0.4, 0.5) is 30.7 Å². The van der Waals surface area contributed by atoms with Crippen molar-refractivity contribution in [1.82, 2.24) is 0 Å². The molecular formula is C6H5F7O2. The van der Waals surface area contributed by atoms with E-state index in [1.807, 2.05) is 0 Å². The molecule has 0 saturated carbocycles. The average molecular weight is 242 g/mol. The zero-order valence-electron chi connectivity index (χ0n) is 6.95. The Bertz CT molecular complexity index is 213. The standard InChI is InChI=1S/C6H5F7O2/c7-4(5(8,9)10,6(11,12)13)3-14-1-2-15-3/h3H,1-2H2. The number of ether oxygens (including phenoxy) is 2. The summed E-state index contributed by atoms with van der Waals surface area (Å²) in [5.74, 6) is 0. The molecule has 0 unspecified atom stereocenters. The van der Waals surface area contributed by atoms with Crippen LogP contribution < -0.4 is 0 Å². The van der Waals surface area contributed by atoms with E-state index in [1.54, 1.807) is 0 Å². The van der Waals surface area contributed by atoms with Gasteiger partial charge in [-0.05, 0) is 0 Å². The van der Waals surface area contributed by atoms with Gasteiger partial charge in [0.25, 0.3) is 0 Å². The van der Waals surface area contributed by atoms with E-state index in [0.29, 0.717) is 0 Å². The number of hydrogen-bond acceptors (Lipinski definition) is 2. The molecule has 1 aliphatic rings. The second kappa shape index (κ2) is 3.48. The van der Waals surface area contributed by atoms with Crippen molar-refractivity contribution in [1.29, 1.82) is 0 Å². The lowest BCUT2D eigenvalue weighted by Gasteiger charge is -2.32. The fourth-order valence-electron chi connectivity index (χ4n) is 1.02. The van der Waals surface area contributed by atoms with Gasteiger partial charge < -0.3 is 9.47 Å². The summed E-state index contributed by atoms with van der Waals surface area (Å²) in [6, 6.07) is 0. The van der Waals surface area contributed by atoms with Crippen molar-refractivity contribution >= 4 is 0 Å². The molecule has 0 bridgehead atoms. The zero-order chi connectivity index (χ0) is 11.9. The van der Waals surface area contributed by atoms with E-state index in [1.165, 1.54) is 0 Å². The fraction of sp³-hybridized carbons (Fsp3) is 1.00. The van der Waals surface area contributed by atoms with Crippen LogP contribution in [0.2, 0.25) is 0 Å². The number of alkyl halides is 7. The maximum Gasteiger partial charge on any atom is 0.436 e. The summed E-state index contributed by atoms with van der Waals surface area (Å²) in [4.78, 5) is 0. The first kappa shape index (κ1) is 12.5. The zero-order valence-corrected chi connectivity index (χ0v) is 6.95. The van der Waals surface area contributed by atoms with Crippen molar-refractivity contribution in [3.8, 4) is 0 Å². The third-order valence-electron chi connectivity index (χ3n) is 1.77. The molecule has 0 atom stereocenters. The van der Waals surface area contributed by atoms with Crippen LogP contribution in [0.5, 0.6) is 0 Å². The van der Waals surface area contributed by atoms with Crippen LogP contribution in [0.25, 0.3) is 0 Å². The summed E-state index contributed by atoms with van der Waals surface area (Å²) >= 11 is 0. The molecule has 0 amide bonds. The van der Waals surface area contributed by atoms with E-state index in [4.69, 9.17) is 0 Å². The molecule has 1 aliphatic heterocycles. The molecule has 2 nitrogen and oxygen atoms in total. The van der Waals surface area contributed by atoms with Crippen LogP contribution in [0, 0.1) is 0 Å². The highest BCUT2D eigenvalue weighted by molar-refractivity contribution is 4.98. The summed E-state index contributed by atoms with van der Waals surface area (Å²) in [6.45, 7) is -1.02. The van der Waals surface area contributed by atoms with Crippen molar-refractivity contribution in [3.63, 3.8) is 0 Å². The summed E-state index contributed by atoms with van der Waals surface area (Å²) < 4.78 is 92.9. The Labute approximate surface area is 78.9 Å². The number of halogens is 7. The molecule has 9 heteroatoms. The molecule has 0 spiro atoms. The van der Waals surface area contributed by atoms with Crippen molar-refractivity contribution in [2.75, 3.05) is 13.2 Å². The lowest BCUT2D eigenvalue weighted by Crippen LogP contribution is -2.61. The molecular weight excluding hydrogens is 237 g/mol. The average Bonchev–Trinajstić information content (AvgIpc) is 2.49. The largest absolute Gasteiger partial charge is 0.436 e. The summed E-state index contributed by atoms with van der Waals surface area (Å²) in [7, 11) is 0. The van der Waals surface area contributed by atoms with Crippen LogP contribution in [-0.2, 0) is 9.47 Å². The SMILES string of the molecule is FC(F)(F)C(F)(C1OCCO1)C(F)(F)F. The first-order chi connectivity index (χ1) is 6.61. The Morgan fingerprint density at radius 2 is 1.07 bits per heavy atom. The van der Waals surface area contributed by atoms with E-state index in [9.17, 15) is 30.7 Å². The Balaban J connectivity index is 3.06. The quantitative estimate of drug-likeness (QED) is 0.656. The van der Waals surface area contributed by atoms with Gasteiger partial charge in [-0.25, -0.2) is 4.39 Å². The highest BCUT2D eigenvalue weighted by Gasteiger charge is 2.78. The molecule has 1 fully saturated rings. The van der Waals surface area contributed by atoms with Crippen molar-refractivity contribution in [3.05, 3.63) is 0 Å². The molecule has 1 heterocycles. The van der Waals surface area contributed by atoms with E-state index in [-0.39, 0.29) is 0 Å². The highest BCUT2D eigenvalue weighted by atomic mass is 19.4. The Morgan fingerprint density at radius 3 is 1.33 bits per heavy atom. The Kier molecular flexibility index (Phi) is 2.90. The molecule has 0 aromatic carbocycles. The van der Waals surface area contributed by atoms with Crippen molar-refractivity contribution < 1.29 is 40.2 Å². The van der Waals surface area contributed by atoms with Gasteiger partial charge in [-0.2, -0.15) is 26.3 Å². The second-order valence-electron chi connectivity index (χ2n) is 2.78. The highest BCUT2D eigenvalue weighted by Crippen LogP contribution is 2.50. The van der Waals surface area contributed by atoms with E-state index in [0.717, 1.165) is 0 Å². The summed E-state index contributed by atoms with van der Waals surface area (Å²) in [5.41, 5.74) is -5.49. The van der Waals surface area contributed by atoms with Gasteiger partial charge in [0.15, 0.2) is 0 Å². The van der Waals surface area contributed by atoms with E-state index < -0.39 is 37.5 Å². The van der Waals surface area contributed by atoms with Gasteiger partial charge in [-0.1, -0.05) is 0 Å². The lowest BCUT2D eigenvalue weighted by atomic mass is 10.0. The van der Waals surface area contributed by atoms with Crippen molar-refractivity contribution in [2.45, 2.75) is 24.3 Å². The number of rotatable bonds is 1. The third kappa shape index (κ3) is 1.89.